The Hall–Kier alpha value is -5.65. The third-order valence-electron chi connectivity index (χ3n) is 8.48. The van der Waals surface area contributed by atoms with Crippen LogP contribution in [0.25, 0.3) is 16.5 Å². The van der Waals surface area contributed by atoms with Crippen molar-refractivity contribution in [2.24, 2.45) is 0 Å². The number of ether oxygens (including phenoxy) is 2. The van der Waals surface area contributed by atoms with Gasteiger partial charge in [0, 0.05) is 47.3 Å². The predicted octanol–water partition coefficient (Wildman–Crippen LogP) is 8.35. The van der Waals surface area contributed by atoms with E-state index in [0.29, 0.717) is 53.0 Å². The Morgan fingerprint density at radius 3 is 2.53 bits per heavy atom. The van der Waals surface area contributed by atoms with Gasteiger partial charge in [0.2, 0.25) is 5.88 Å². The summed E-state index contributed by atoms with van der Waals surface area (Å²) in [5.74, 6) is 0.613. The van der Waals surface area contributed by atoms with Crippen molar-refractivity contribution in [3.8, 4) is 23.1 Å². The van der Waals surface area contributed by atoms with Crippen LogP contribution >= 0.6 is 34.9 Å². The molecular formula is C38H37N7O7S3. The number of nitrogens with zero attached hydrogens (tertiary/aromatic N) is 6. The van der Waals surface area contributed by atoms with Crippen molar-refractivity contribution in [1.82, 2.24) is 25.3 Å². The zero-order chi connectivity index (χ0) is 39.1. The molecule has 2 heterocycles. The largest absolute Gasteiger partial charge is 0.506 e. The van der Waals surface area contributed by atoms with Crippen LogP contribution in [0, 0.1) is 24.0 Å². The van der Waals surface area contributed by atoms with Gasteiger partial charge in [-0.3, -0.25) is 19.8 Å². The van der Waals surface area contributed by atoms with Crippen molar-refractivity contribution in [3.05, 3.63) is 111 Å². The van der Waals surface area contributed by atoms with E-state index in [-0.39, 0.29) is 29.4 Å². The first-order valence-electron chi connectivity index (χ1n) is 17.1. The summed E-state index contributed by atoms with van der Waals surface area (Å²) in [4.78, 5) is 39.4. The SMILES string of the molecule is CCN(C(=O)Oc1c(CSc2nnc(SC)s2)cnn1-c1ccc([N+](=O)[O-])cc1)c1cccc2c(O)c(C(=O)NCCCOc3ccc(C)cc3C)ccc12. The van der Waals surface area contributed by atoms with E-state index < -0.39 is 16.9 Å². The Morgan fingerprint density at radius 2 is 1.82 bits per heavy atom. The minimum absolute atomic E-state index is 0.0957. The van der Waals surface area contributed by atoms with Gasteiger partial charge in [0.15, 0.2) is 8.68 Å². The molecule has 14 nitrogen and oxygen atoms in total. The van der Waals surface area contributed by atoms with Gasteiger partial charge in [0.05, 0.1) is 34.7 Å². The lowest BCUT2D eigenvalue weighted by atomic mass is 10.0. The Labute approximate surface area is 329 Å². The summed E-state index contributed by atoms with van der Waals surface area (Å²) in [7, 11) is 0. The van der Waals surface area contributed by atoms with Gasteiger partial charge in [0.1, 0.15) is 11.5 Å². The molecule has 0 atom stereocenters. The van der Waals surface area contributed by atoms with Gasteiger partial charge < -0.3 is 19.9 Å². The number of phenols is 1. The smallest absolute Gasteiger partial charge is 0.421 e. The second kappa shape index (κ2) is 17.7. The topological polar surface area (TPSA) is 175 Å². The quantitative estimate of drug-likeness (QED) is 0.0440. The first-order valence-corrected chi connectivity index (χ1v) is 20.1. The average Bonchev–Trinajstić information content (AvgIpc) is 3.81. The van der Waals surface area contributed by atoms with E-state index >= 15 is 0 Å². The standard InChI is InChI=1S/C38H37N7O7S3/c1-5-43(31-9-6-8-29-28(31)15-16-30(33(29)46)34(47)39-18-7-19-51-32-17-10-23(2)20-24(32)3)38(48)52-35-25(22-54-37-42-41-36(53-4)55-37)21-40-44(35)26-11-13-27(14-12-26)45(49)50/h6,8-17,20-21,46H,5,7,18-19,22H2,1-4H3,(H,39,47). The number of nitro benzene ring substituents is 1. The van der Waals surface area contributed by atoms with E-state index in [1.165, 1.54) is 74.8 Å². The van der Waals surface area contributed by atoms with E-state index in [9.17, 15) is 24.8 Å². The number of anilines is 1. The van der Waals surface area contributed by atoms with E-state index in [0.717, 1.165) is 25.6 Å². The molecule has 284 valence electrons. The minimum Gasteiger partial charge on any atom is -0.506 e. The summed E-state index contributed by atoms with van der Waals surface area (Å²) in [6.07, 6.45) is 3.33. The molecule has 6 rings (SSSR count). The molecule has 0 radical (unpaired) electrons. The molecule has 2 amide bonds. The molecule has 55 heavy (non-hydrogen) atoms. The monoisotopic (exact) mass is 799 g/mol. The number of benzene rings is 4. The van der Waals surface area contributed by atoms with Gasteiger partial charge in [0.25, 0.3) is 11.6 Å². The van der Waals surface area contributed by atoms with Crippen molar-refractivity contribution in [2.45, 2.75) is 41.6 Å². The Balaban J connectivity index is 1.20. The molecule has 0 unspecified atom stereocenters. The molecule has 0 aliphatic rings. The summed E-state index contributed by atoms with van der Waals surface area (Å²) in [5.41, 5.74) is 3.68. The molecule has 0 bridgehead atoms. The van der Waals surface area contributed by atoms with E-state index in [2.05, 4.69) is 26.7 Å². The third kappa shape index (κ3) is 9.01. The molecular weight excluding hydrogens is 763 g/mol. The summed E-state index contributed by atoms with van der Waals surface area (Å²) in [6, 6.07) is 20.0. The number of thioether (sulfide) groups is 2. The van der Waals surface area contributed by atoms with Gasteiger partial charge in [-0.15, -0.1) is 10.2 Å². The number of fused-ring (bicyclic) bond motifs is 1. The number of hydrogen-bond donors (Lipinski definition) is 2. The van der Waals surface area contributed by atoms with Gasteiger partial charge in [-0.25, -0.2) is 9.48 Å². The van der Waals surface area contributed by atoms with Crippen molar-refractivity contribution in [1.29, 1.82) is 0 Å². The highest BCUT2D eigenvalue weighted by molar-refractivity contribution is 8.02. The fourth-order valence-corrected chi connectivity index (χ4v) is 8.14. The molecule has 0 saturated carbocycles. The number of carbonyl (C=O) groups is 2. The Morgan fingerprint density at radius 1 is 1.04 bits per heavy atom. The molecule has 0 aliphatic carbocycles. The molecule has 4 aromatic carbocycles. The lowest BCUT2D eigenvalue weighted by Crippen LogP contribution is -2.34. The number of nitrogens with one attached hydrogen (secondary N) is 1. The zero-order valence-corrected chi connectivity index (χ0v) is 32.8. The maximum atomic E-state index is 14.0. The van der Waals surface area contributed by atoms with Gasteiger partial charge in [-0.2, -0.15) is 5.10 Å². The van der Waals surface area contributed by atoms with Crippen LogP contribution in [0.3, 0.4) is 0 Å². The number of amides is 2. The van der Waals surface area contributed by atoms with Crippen molar-refractivity contribution in [3.63, 3.8) is 0 Å². The fourth-order valence-electron chi connectivity index (χ4n) is 5.75. The van der Waals surface area contributed by atoms with E-state index in [4.69, 9.17) is 9.47 Å². The van der Waals surface area contributed by atoms with Crippen LogP contribution in [-0.4, -0.2) is 68.0 Å². The molecule has 2 aromatic heterocycles. The number of aromatic hydroxyl groups is 1. The second-order valence-corrected chi connectivity index (χ2v) is 15.4. The highest BCUT2D eigenvalue weighted by atomic mass is 32.2. The van der Waals surface area contributed by atoms with Crippen molar-refractivity contribution < 1.29 is 29.1 Å². The second-order valence-electron chi connectivity index (χ2n) is 12.2. The van der Waals surface area contributed by atoms with Crippen LogP contribution in [0.2, 0.25) is 0 Å². The van der Waals surface area contributed by atoms with Crippen LogP contribution < -0.4 is 19.7 Å². The van der Waals surface area contributed by atoms with Crippen LogP contribution in [0.4, 0.5) is 16.2 Å². The molecule has 0 fully saturated rings. The zero-order valence-electron chi connectivity index (χ0n) is 30.3. The molecule has 0 saturated heterocycles. The summed E-state index contributed by atoms with van der Waals surface area (Å²) in [6.45, 7) is 6.75. The Kier molecular flexibility index (Phi) is 12.5. The first-order chi connectivity index (χ1) is 26.6. The number of phenolic OH excluding ortho intramolecular Hbond substituents is 1. The molecule has 0 spiro atoms. The van der Waals surface area contributed by atoms with Crippen LogP contribution in [0.1, 0.15) is 40.4 Å². The van der Waals surface area contributed by atoms with Crippen LogP contribution in [0.5, 0.6) is 17.4 Å². The number of rotatable bonds is 15. The number of nitro groups is 1. The third-order valence-corrected chi connectivity index (χ3v) is 11.6. The number of hydrogen-bond acceptors (Lipinski definition) is 13. The lowest BCUT2D eigenvalue weighted by Gasteiger charge is -2.23. The minimum atomic E-state index is -0.727. The number of carbonyl (C=O) groups excluding carboxylic acids is 2. The predicted molar refractivity (Wildman–Crippen MR) is 214 cm³/mol. The lowest BCUT2D eigenvalue weighted by molar-refractivity contribution is -0.384. The maximum absolute atomic E-state index is 14.0. The summed E-state index contributed by atoms with van der Waals surface area (Å²) < 4.78 is 14.9. The van der Waals surface area contributed by atoms with Crippen LogP contribution in [-0.2, 0) is 5.75 Å². The Bertz CT molecular complexity index is 2350. The number of aromatic nitrogens is 4. The molecule has 6 aromatic rings. The van der Waals surface area contributed by atoms with E-state index in [1.807, 2.05) is 32.2 Å². The van der Waals surface area contributed by atoms with Gasteiger partial charge >= 0.3 is 6.09 Å². The molecule has 17 heteroatoms. The highest BCUT2D eigenvalue weighted by Gasteiger charge is 2.25. The fraction of sp³-hybridized carbons (Fsp3) is 0.237. The van der Waals surface area contributed by atoms with Crippen molar-refractivity contribution >= 4 is 69.0 Å². The maximum Gasteiger partial charge on any atom is 0.421 e. The molecule has 2 N–H and O–H groups in total. The van der Waals surface area contributed by atoms with Gasteiger partial charge in [-0.1, -0.05) is 70.8 Å². The normalized spacial score (nSPS) is 11.1. The van der Waals surface area contributed by atoms with E-state index in [1.54, 1.807) is 37.4 Å². The molecule has 0 aliphatic heterocycles. The number of non-ortho nitro benzene ring substituents is 1. The highest BCUT2D eigenvalue weighted by Crippen LogP contribution is 2.37. The average molecular weight is 800 g/mol. The van der Waals surface area contributed by atoms with Gasteiger partial charge in [-0.05, 0) is 69.3 Å². The first kappa shape index (κ1) is 39.1. The number of aryl methyl sites for hydroxylation is 2. The van der Waals surface area contributed by atoms with Crippen molar-refractivity contribution in [2.75, 3.05) is 30.9 Å². The van der Waals surface area contributed by atoms with Crippen LogP contribution in [0.15, 0.2) is 87.7 Å². The summed E-state index contributed by atoms with van der Waals surface area (Å²) >= 11 is 4.34. The summed E-state index contributed by atoms with van der Waals surface area (Å²) in [5, 5.41) is 39.1.